The second kappa shape index (κ2) is 8.64. The Kier molecular flexibility index (Phi) is 6.80. The second-order valence-electron chi connectivity index (χ2n) is 6.61. The van der Waals surface area contributed by atoms with Gasteiger partial charge in [-0.2, -0.15) is 0 Å². The fraction of sp³-hybridized carbons (Fsp3) is 0.588. The molecular weight excluding hydrogens is 344 g/mol. The van der Waals surface area contributed by atoms with Crippen LogP contribution in [-0.2, 0) is 14.8 Å². The third-order valence-corrected chi connectivity index (χ3v) is 5.54. The van der Waals surface area contributed by atoms with Crippen LogP contribution < -0.4 is 10.0 Å². The van der Waals surface area contributed by atoms with Crippen LogP contribution in [0.4, 0.5) is 5.69 Å². The van der Waals surface area contributed by atoms with Crippen molar-refractivity contribution in [2.45, 2.75) is 44.1 Å². The first-order valence-electron chi connectivity index (χ1n) is 8.52. The molecule has 0 aromatic heterocycles. The zero-order valence-corrected chi connectivity index (χ0v) is 15.4. The summed E-state index contributed by atoms with van der Waals surface area (Å²) in [6.45, 7) is 5.60. The first kappa shape index (κ1) is 19.7. The van der Waals surface area contributed by atoms with Gasteiger partial charge in [0.2, 0.25) is 10.0 Å². The molecule has 1 aromatic carbocycles. The number of anilines is 1. The molecule has 3 N–H and O–H groups in total. The normalized spacial score (nSPS) is 17.8. The van der Waals surface area contributed by atoms with E-state index in [1.54, 1.807) is 0 Å². The summed E-state index contributed by atoms with van der Waals surface area (Å²) in [5.74, 6) is -0.687. The van der Waals surface area contributed by atoms with Gasteiger partial charge in [-0.1, -0.05) is 13.8 Å². The molecule has 1 aliphatic rings. The first-order valence-corrected chi connectivity index (χ1v) is 10.0. The van der Waals surface area contributed by atoms with E-state index in [2.05, 4.69) is 23.9 Å². The number of carboxylic acid groups (broad SMARTS) is 1. The molecule has 1 aliphatic heterocycles. The lowest BCUT2D eigenvalue weighted by Gasteiger charge is -2.16. The van der Waals surface area contributed by atoms with Gasteiger partial charge < -0.3 is 15.2 Å². The summed E-state index contributed by atoms with van der Waals surface area (Å²) >= 11 is 0. The summed E-state index contributed by atoms with van der Waals surface area (Å²) in [6, 6.07) is 4.10. The van der Waals surface area contributed by atoms with Gasteiger partial charge >= 0.3 is 5.97 Å². The van der Waals surface area contributed by atoms with Crippen LogP contribution >= 0.6 is 0 Å². The lowest BCUT2D eigenvalue weighted by Crippen LogP contribution is -2.32. The summed E-state index contributed by atoms with van der Waals surface area (Å²) in [6.07, 6.45) is 2.48. The number of hydrogen-bond donors (Lipinski definition) is 3. The van der Waals surface area contributed by atoms with Gasteiger partial charge in [-0.05, 0) is 43.4 Å². The van der Waals surface area contributed by atoms with Crippen LogP contribution in [0.5, 0.6) is 0 Å². The van der Waals surface area contributed by atoms with Crippen molar-refractivity contribution in [3.63, 3.8) is 0 Å². The van der Waals surface area contributed by atoms with Crippen LogP contribution in [0.1, 0.15) is 43.5 Å². The summed E-state index contributed by atoms with van der Waals surface area (Å²) < 4.78 is 33.3. The Morgan fingerprint density at radius 2 is 2.16 bits per heavy atom. The standard InChI is InChI=1S/C17H26N2O5S/c1-12(2)7-8-18-15-6-5-13(17(20)21)10-16(15)25(22,23)19-11-14-4-3-9-24-14/h5-6,10,12,14,18-19H,3-4,7-9,11H2,1-2H3,(H,20,21). The van der Waals surface area contributed by atoms with E-state index in [9.17, 15) is 13.2 Å². The van der Waals surface area contributed by atoms with E-state index in [-0.39, 0.29) is 23.1 Å². The average molecular weight is 370 g/mol. The topological polar surface area (TPSA) is 105 Å². The van der Waals surface area contributed by atoms with Crippen LogP contribution in [0.15, 0.2) is 23.1 Å². The largest absolute Gasteiger partial charge is 0.478 e. The highest BCUT2D eigenvalue weighted by Gasteiger charge is 2.23. The lowest BCUT2D eigenvalue weighted by atomic mass is 10.1. The SMILES string of the molecule is CC(C)CCNc1ccc(C(=O)O)cc1S(=O)(=O)NCC1CCCO1. The number of aromatic carboxylic acids is 1. The third kappa shape index (κ3) is 5.69. The molecule has 2 rings (SSSR count). The number of carbonyl (C=O) groups is 1. The van der Waals surface area contributed by atoms with Crippen molar-refractivity contribution in [2.75, 3.05) is 25.0 Å². The van der Waals surface area contributed by atoms with Gasteiger partial charge in [0.25, 0.3) is 0 Å². The van der Waals surface area contributed by atoms with Crippen LogP contribution in [0.2, 0.25) is 0 Å². The summed E-state index contributed by atoms with van der Waals surface area (Å²) in [4.78, 5) is 11.2. The van der Waals surface area contributed by atoms with Gasteiger partial charge in [-0.25, -0.2) is 17.9 Å². The molecule has 1 aromatic rings. The summed E-state index contributed by atoms with van der Waals surface area (Å²) in [7, 11) is -3.84. The molecule has 1 unspecified atom stereocenters. The van der Waals surface area contributed by atoms with Crippen molar-refractivity contribution in [3.8, 4) is 0 Å². The zero-order chi connectivity index (χ0) is 18.4. The van der Waals surface area contributed by atoms with Crippen molar-refractivity contribution in [1.29, 1.82) is 0 Å². The average Bonchev–Trinajstić information content (AvgIpc) is 3.06. The number of ether oxygens (including phenoxy) is 1. The van der Waals surface area contributed by atoms with Gasteiger partial charge in [-0.3, -0.25) is 0 Å². The van der Waals surface area contributed by atoms with Crippen molar-refractivity contribution in [1.82, 2.24) is 4.72 Å². The molecule has 0 amide bonds. The highest BCUT2D eigenvalue weighted by atomic mass is 32.2. The van der Waals surface area contributed by atoms with Crippen LogP contribution in [0.3, 0.4) is 0 Å². The van der Waals surface area contributed by atoms with Crippen molar-refractivity contribution >= 4 is 21.7 Å². The fourth-order valence-corrected chi connectivity index (χ4v) is 3.88. The maximum Gasteiger partial charge on any atom is 0.335 e. The molecule has 1 atom stereocenters. The lowest BCUT2D eigenvalue weighted by molar-refractivity contribution is 0.0696. The Labute approximate surface area is 148 Å². The highest BCUT2D eigenvalue weighted by molar-refractivity contribution is 7.89. The maximum absolute atomic E-state index is 12.7. The van der Waals surface area contributed by atoms with E-state index in [1.807, 2.05) is 0 Å². The predicted octanol–water partition coefficient (Wildman–Crippen LogP) is 2.30. The predicted molar refractivity (Wildman–Crippen MR) is 95.5 cm³/mol. The molecule has 140 valence electrons. The number of carboxylic acids is 1. The number of rotatable bonds is 9. The highest BCUT2D eigenvalue weighted by Crippen LogP contribution is 2.24. The Morgan fingerprint density at radius 1 is 1.40 bits per heavy atom. The second-order valence-corrected chi connectivity index (χ2v) is 8.35. The Hall–Kier alpha value is -1.64. The van der Waals surface area contributed by atoms with Gasteiger partial charge in [0.1, 0.15) is 4.90 Å². The van der Waals surface area contributed by atoms with E-state index < -0.39 is 16.0 Å². The van der Waals surface area contributed by atoms with Crippen LogP contribution in [0, 0.1) is 5.92 Å². The molecule has 25 heavy (non-hydrogen) atoms. The Morgan fingerprint density at radius 3 is 2.76 bits per heavy atom. The monoisotopic (exact) mass is 370 g/mol. The Balaban J connectivity index is 2.20. The molecule has 0 bridgehead atoms. The summed E-state index contributed by atoms with van der Waals surface area (Å²) in [5.41, 5.74) is 0.345. The van der Waals surface area contributed by atoms with Crippen molar-refractivity contribution in [3.05, 3.63) is 23.8 Å². The van der Waals surface area contributed by atoms with Crippen molar-refractivity contribution in [2.24, 2.45) is 5.92 Å². The molecular formula is C17H26N2O5S. The zero-order valence-electron chi connectivity index (χ0n) is 14.6. The quantitative estimate of drug-likeness (QED) is 0.616. The van der Waals surface area contributed by atoms with Gasteiger partial charge in [0.05, 0.1) is 17.4 Å². The molecule has 7 nitrogen and oxygen atoms in total. The minimum Gasteiger partial charge on any atom is -0.478 e. The van der Waals surface area contributed by atoms with E-state index in [0.29, 0.717) is 24.8 Å². The Bertz CT molecular complexity index is 697. The molecule has 1 heterocycles. The van der Waals surface area contributed by atoms with E-state index >= 15 is 0 Å². The van der Waals surface area contributed by atoms with E-state index in [1.165, 1.54) is 18.2 Å². The number of benzene rings is 1. The third-order valence-electron chi connectivity index (χ3n) is 4.08. The van der Waals surface area contributed by atoms with Crippen LogP contribution in [-0.4, -0.2) is 45.3 Å². The minimum atomic E-state index is -3.84. The molecule has 0 aliphatic carbocycles. The molecule has 0 radical (unpaired) electrons. The molecule has 1 fully saturated rings. The molecule has 0 spiro atoms. The van der Waals surface area contributed by atoms with Gasteiger partial charge in [0.15, 0.2) is 0 Å². The van der Waals surface area contributed by atoms with E-state index in [0.717, 1.165) is 19.3 Å². The molecule has 0 saturated carbocycles. The molecule has 1 saturated heterocycles. The maximum atomic E-state index is 12.7. The first-order chi connectivity index (χ1) is 11.8. The number of nitrogens with one attached hydrogen (secondary N) is 2. The minimum absolute atomic E-state index is 0.0471. The summed E-state index contributed by atoms with van der Waals surface area (Å²) in [5, 5.41) is 12.3. The van der Waals surface area contributed by atoms with Gasteiger partial charge in [-0.15, -0.1) is 0 Å². The number of hydrogen-bond acceptors (Lipinski definition) is 5. The van der Waals surface area contributed by atoms with E-state index in [4.69, 9.17) is 9.84 Å². The van der Waals surface area contributed by atoms with Crippen molar-refractivity contribution < 1.29 is 23.1 Å². The number of sulfonamides is 1. The van der Waals surface area contributed by atoms with Gasteiger partial charge in [0, 0.05) is 19.7 Å². The molecule has 8 heteroatoms. The fourth-order valence-electron chi connectivity index (χ4n) is 2.60. The van der Waals surface area contributed by atoms with Crippen LogP contribution in [0.25, 0.3) is 0 Å². The smallest absolute Gasteiger partial charge is 0.335 e.